The van der Waals surface area contributed by atoms with Gasteiger partial charge in [-0.1, -0.05) is 60.7 Å². The number of alkyl halides is 1. The summed E-state index contributed by atoms with van der Waals surface area (Å²) in [7, 11) is 0. The number of aromatic nitrogens is 2. The molecular weight excluding hydrogens is 490 g/mol. The third kappa shape index (κ3) is 6.01. The Bertz CT molecular complexity index is 1320. The van der Waals surface area contributed by atoms with E-state index >= 15 is 0 Å². The van der Waals surface area contributed by atoms with E-state index in [4.69, 9.17) is 18.9 Å². The first-order valence-electron chi connectivity index (χ1n) is 11.5. The maximum atomic E-state index is 14.9. The lowest BCUT2D eigenvalue weighted by Crippen LogP contribution is -2.51. The van der Waals surface area contributed by atoms with Gasteiger partial charge in [0.15, 0.2) is 17.9 Å². The maximum absolute atomic E-state index is 14.9. The van der Waals surface area contributed by atoms with Crippen molar-refractivity contribution < 1.29 is 32.5 Å². The molecule has 1 N–H and O–H groups in total. The molecule has 0 radical (unpaired) electrons. The van der Waals surface area contributed by atoms with Crippen molar-refractivity contribution in [2.24, 2.45) is 0 Å². The Morgan fingerprint density at radius 2 is 1.68 bits per heavy atom. The Morgan fingerprint density at radius 1 is 1.05 bits per heavy atom. The fraction of sp³-hybridized carbons (Fsp3) is 0.346. The third-order valence-corrected chi connectivity index (χ3v) is 5.91. The van der Waals surface area contributed by atoms with Crippen LogP contribution in [0, 0.1) is 5.82 Å². The number of carbonyl (C=O) groups excluding carboxylic acids is 1. The molecule has 0 amide bonds. The van der Waals surface area contributed by atoms with Crippen molar-refractivity contribution in [1.82, 2.24) is 9.55 Å². The number of nitrogens with one attached hydrogen (secondary N) is 1. The minimum absolute atomic E-state index is 0.00529. The van der Waals surface area contributed by atoms with Crippen molar-refractivity contribution in [3.63, 3.8) is 0 Å². The molecule has 4 atom stereocenters. The zero-order valence-electron chi connectivity index (χ0n) is 20.0. The quantitative estimate of drug-likeness (QED) is 0.413. The van der Waals surface area contributed by atoms with Gasteiger partial charge in [-0.15, -0.1) is 0 Å². The molecule has 2 aromatic carbocycles. The molecule has 1 saturated heterocycles. The molecule has 0 bridgehead atoms. The van der Waals surface area contributed by atoms with Crippen molar-refractivity contribution in [2.75, 3.05) is 13.3 Å². The smallest absolute Gasteiger partial charge is 0.330 e. The first-order chi connectivity index (χ1) is 17.8. The lowest BCUT2D eigenvalue weighted by atomic mass is 9.96. The lowest BCUT2D eigenvalue weighted by molar-refractivity contribution is -0.166. The predicted octanol–water partition coefficient (Wildman–Crippen LogP) is 2.65. The summed E-state index contributed by atoms with van der Waals surface area (Å²) < 4.78 is 53.0. The number of hydrogen-bond donors (Lipinski definition) is 1. The molecule has 0 unspecified atom stereocenters. The van der Waals surface area contributed by atoms with Crippen LogP contribution in [0.4, 0.5) is 8.78 Å². The topological polar surface area (TPSA) is 109 Å². The van der Waals surface area contributed by atoms with E-state index in [2.05, 4.69) is 0 Å². The van der Waals surface area contributed by atoms with Crippen LogP contribution in [0.1, 0.15) is 24.3 Å². The molecule has 0 aliphatic carbocycles. The maximum Gasteiger partial charge on any atom is 0.330 e. The van der Waals surface area contributed by atoms with E-state index in [1.807, 2.05) is 41.4 Å². The summed E-state index contributed by atoms with van der Waals surface area (Å²) >= 11 is 0. The van der Waals surface area contributed by atoms with Crippen molar-refractivity contribution in [2.45, 2.75) is 44.2 Å². The molecule has 1 fully saturated rings. The standard InChI is InChI=1S/C26H26F2N2O7/c1-17(31)36-21-22(35-14-19-10-6-3-7-11-19)26(15-27,16-34-13-18-8-4-2-5-9-18)37-24(21)30-12-20(28)23(32)29-25(30)33/h2-12,21-22,24H,13-16H2,1H3,(H,29,32,33)/t21-,22+,24-,26-/m1/s1. The summed E-state index contributed by atoms with van der Waals surface area (Å²) in [5, 5.41) is 0. The van der Waals surface area contributed by atoms with E-state index in [1.54, 1.807) is 24.3 Å². The van der Waals surface area contributed by atoms with Crippen LogP contribution >= 0.6 is 0 Å². The second-order valence-corrected chi connectivity index (χ2v) is 8.62. The summed E-state index contributed by atoms with van der Waals surface area (Å²) in [6.07, 6.45) is -3.53. The van der Waals surface area contributed by atoms with Gasteiger partial charge in [-0.2, -0.15) is 4.39 Å². The summed E-state index contributed by atoms with van der Waals surface area (Å²) in [6.45, 7) is -0.242. The van der Waals surface area contributed by atoms with Crippen LogP contribution in [0.2, 0.25) is 0 Å². The average molecular weight is 516 g/mol. The Kier molecular flexibility index (Phi) is 8.27. The van der Waals surface area contributed by atoms with Gasteiger partial charge in [-0.3, -0.25) is 19.1 Å². The van der Waals surface area contributed by atoms with Crippen molar-refractivity contribution in [1.29, 1.82) is 0 Å². The van der Waals surface area contributed by atoms with Gasteiger partial charge < -0.3 is 18.9 Å². The number of halogens is 2. The average Bonchev–Trinajstić information content (AvgIpc) is 3.18. The first kappa shape index (κ1) is 26.4. The summed E-state index contributed by atoms with van der Waals surface area (Å²) in [5.74, 6) is -2.03. The van der Waals surface area contributed by atoms with Gasteiger partial charge in [-0.25, -0.2) is 9.18 Å². The second kappa shape index (κ2) is 11.6. The number of nitrogens with zero attached hydrogens (tertiary/aromatic N) is 1. The second-order valence-electron chi connectivity index (χ2n) is 8.62. The highest BCUT2D eigenvalue weighted by Crippen LogP contribution is 2.41. The summed E-state index contributed by atoms with van der Waals surface area (Å²) in [6, 6.07) is 18.1. The zero-order valence-corrected chi connectivity index (χ0v) is 20.0. The normalized spacial score (nSPS) is 23.2. The molecule has 37 heavy (non-hydrogen) atoms. The van der Waals surface area contributed by atoms with E-state index in [1.165, 1.54) is 0 Å². The molecule has 2 heterocycles. The molecular formula is C26H26F2N2O7. The molecule has 1 aliphatic heterocycles. The summed E-state index contributed by atoms with van der Waals surface area (Å²) in [4.78, 5) is 38.0. The zero-order chi connectivity index (χ0) is 26.4. The van der Waals surface area contributed by atoms with E-state index < -0.39 is 53.7 Å². The highest BCUT2D eigenvalue weighted by atomic mass is 19.1. The number of ether oxygens (including phenoxy) is 4. The molecule has 3 aromatic rings. The van der Waals surface area contributed by atoms with Gasteiger partial charge in [0.1, 0.15) is 12.8 Å². The Balaban J connectivity index is 1.70. The highest BCUT2D eigenvalue weighted by Gasteiger charge is 2.59. The predicted molar refractivity (Wildman–Crippen MR) is 127 cm³/mol. The SMILES string of the molecule is CC(=O)O[C@H]1[C@H](n2cc(F)c(=O)[nH]c2=O)O[C@](CF)(COCc2ccccc2)[C@H]1OCc1ccccc1. The van der Waals surface area contributed by atoms with Crippen molar-refractivity contribution in [3.05, 3.63) is 105 Å². The van der Waals surface area contributed by atoms with E-state index in [0.717, 1.165) is 18.1 Å². The molecule has 4 rings (SSSR count). The molecule has 9 nitrogen and oxygen atoms in total. The van der Waals surface area contributed by atoms with Crippen LogP contribution in [0.25, 0.3) is 0 Å². The number of carbonyl (C=O) groups is 1. The molecule has 0 saturated carbocycles. The van der Waals surface area contributed by atoms with Gasteiger partial charge >= 0.3 is 11.7 Å². The fourth-order valence-electron chi connectivity index (χ4n) is 4.19. The highest BCUT2D eigenvalue weighted by molar-refractivity contribution is 5.66. The Morgan fingerprint density at radius 3 is 2.27 bits per heavy atom. The minimum Gasteiger partial charge on any atom is -0.455 e. The minimum atomic E-state index is -1.83. The number of hydrogen-bond acceptors (Lipinski definition) is 7. The van der Waals surface area contributed by atoms with Gasteiger partial charge in [0.25, 0.3) is 5.56 Å². The number of H-pyrrole nitrogens is 1. The van der Waals surface area contributed by atoms with Crippen LogP contribution in [-0.2, 0) is 37.0 Å². The van der Waals surface area contributed by atoms with Gasteiger partial charge in [0.2, 0.25) is 5.82 Å². The van der Waals surface area contributed by atoms with E-state index in [0.29, 0.717) is 10.8 Å². The molecule has 11 heteroatoms. The van der Waals surface area contributed by atoms with Gasteiger partial charge in [0, 0.05) is 6.92 Å². The van der Waals surface area contributed by atoms with Crippen LogP contribution in [0.3, 0.4) is 0 Å². The summed E-state index contributed by atoms with van der Waals surface area (Å²) in [5.41, 5.74) is -2.53. The number of esters is 1. The van der Waals surface area contributed by atoms with Crippen molar-refractivity contribution >= 4 is 5.97 Å². The number of rotatable bonds is 10. The Hall–Kier alpha value is -3.67. The molecule has 196 valence electrons. The number of benzene rings is 2. The lowest BCUT2D eigenvalue weighted by Gasteiger charge is -2.32. The monoisotopic (exact) mass is 516 g/mol. The Labute approximate surface area is 210 Å². The number of aromatic amines is 1. The van der Waals surface area contributed by atoms with Gasteiger partial charge in [-0.05, 0) is 11.1 Å². The first-order valence-corrected chi connectivity index (χ1v) is 11.5. The third-order valence-electron chi connectivity index (χ3n) is 5.91. The van der Waals surface area contributed by atoms with E-state index in [-0.39, 0.29) is 19.8 Å². The molecule has 0 spiro atoms. The molecule has 1 aromatic heterocycles. The van der Waals surface area contributed by atoms with Crippen LogP contribution in [0.5, 0.6) is 0 Å². The fourth-order valence-corrected chi connectivity index (χ4v) is 4.19. The van der Waals surface area contributed by atoms with Crippen molar-refractivity contribution in [3.8, 4) is 0 Å². The van der Waals surface area contributed by atoms with Crippen LogP contribution in [-0.4, -0.2) is 46.6 Å². The van der Waals surface area contributed by atoms with Crippen LogP contribution < -0.4 is 11.2 Å². The largest absolute Gasteiger partial charge is 0.455 e. The van der Waals surface area contributed by atoms with Gasteiger partial charge in [0.05, 0.1) is 26.0 Å². The molecule has 1 aliphatic rings. The van der Waals surface area contributed by atoms with Crippen LogP contribution in [0.15, 0.2) is 76.4 Å². The van der Waals surface area contributed by atoms with E-state index in [9.17, 15) is 23.2 Å².